The van der Waals surface area contributed by atoms with Crippen molar-refractivity contribution in [3.63, 3.8) is 0 Å². The van der Waals surface area contributed by atoms with Crippen LogP contribution >= 0.6 is 0 Å². The zero-order valence-corrected chi connectivity index (χ0v) is 16.3. The maximum Gasteiger partial charge on any atom is 0.126 e. The van der Waals surface area contributed by atoms with E-state index in [2.05, 4.69) is 39.2 Å². The number of hydrogen-bond acceptors (Lipinski definition) is 2. The van der Waals surface area contributed by atoms with Crippen LogP contribution in [-0.4, -0.2) is 30.1 Å². The molecule has 1 rings (SSSR count). The fourth-order valence-corrected chi connectivity index (χ4v) is 3.06. The Labute approximate surface area is 149 Å². The summed E-state index contributed by atoms with van der Waals surface area (Å²) in [6.45, 7) is 15.2. The molecule has 2 heteroatoms. The summed E-state index contributed by atoms with van der Waals surface area (Å²) in [6, 6.07) is 9.48. The summed E-state index contributed by atoms with van der Waals surface area (Å²) in [5, 5.41) is 0. The minimum absolute atomic E-state index is 0.693. The van der Waals surface area contributed by atoms with E-state index in [9.17, 15) is 0 Å². The lowest BCUT2D eigenvalue weighted by molar-refractivity contribution is 0.142. The van der Waals surface area contributed by atoms with Gasteiger partial charge in [-0.15, -0.1) is 0 Å². The van der Waals surface area contributed by atoms with Crippen LogP contribution in [0.5, 0.6) is 5.75 Å². The van der Waals surface area contributed by atoms with Crippen LogP contribution in [0.25, 0.3) is 6.08 Å². The Hall–Kier alpha value is -1.28. The molecule has 0 amide bonds. The van der Waals surface area contributed by atoms with Crippen molar-refractivity contribution >= 4 is 6.08 Å². The second kappa shape index (κ2) is 12.1. The van der Waals surface area contributed by atoms with Crippen molar-refractivity contribution in [2.45, 2.75) is 78.3 Å². The first kappa shape index (κ1) is 20.8. The van der Waals surface area contributed by atoms with Crippen molar-refractivity contribution in [3.05, 3.63) is 36.4 Å². The minimum atomic E-state index is 0.693. The van der Waals surface area contributed by atoms with E-state index in [4.69, 9.17) is 4.74 Å². The molecule has 2 unspecified atom stereocenters. The normalized spacial score (nSPS) is 13.7. The fourth-order valence-electron chi connectivity index (χ4n) is 3.06. The van der Waals surface area contributed by atoms with Gasteiger partial charge in [-0.2, -0.15) is 0 Å². The molecule has 1 aromatic carbocycles. The highest BCUT2D eigenvalue weighted by Crippen LogP contribution is 2.19. The number of nitrogens with zero attached hydrogens (tertiary/aromatic N) is 1. The average molecular weight is 332 g/mol. The molecule has 0 spiro atoms. The molecule has 136 valence electrons. The first-order valence-corrected chi connectivity index (χ1v) is 9.74. The fraction of sp³-hybridized carbons (Fsp3) is 0.636. The van der Waals surface area contributed by atoms with Crippen LogP contribution in [0.1, 0.15) is 71.8 Å². The van der Waals surface area contributed by atoms with Gasteiger partial charge in [0.2, 0.25) is 0 Å². The highest BCUT2D eigenvalue weighted by atomic mass is 16.5. The topological polar surface area (TPSA) is 12.5 Å². The van der Waals surface area contributed by atoms with Crippen molar-refractivity contribution in [2.75, 3.05) is 13.2 Å². The number of hydrogen-bond donors (Lipinski definition) is 0. The van der Waals surface area contributed by atoms with E-state index in [1.54, 1.807) is 0 Å². The second-order valence-corrected chi connectivity index (χ2v) is 6.76. The molecule has 2 atom stereocenters. The summed E-state index contributed by atoms with van der Waals surface area (Å²) < 4.78 is 5.89. The van der Waals surface area contributed by atoms with E-state index in [0.29, 0.717) is 12.1 Å². The predicted molar refractivity (Wildman–Crippen MR) is 107 cm³/mol. The Morgan fingerprint density at radius 1 is 1.00 bits per heavy atom. The zero-order chi connectivity index (χ0) is 17.8. The van der Waals surface area contributed by atoms with E-state index in [-0.39, 0.29) is 0 Å². The van der Waals surface area contributed by atoms with Gasteiger partial charge in [0.25, 0.3) is 0 Å². The van der Waals surface area contributed by atoms with Crippen LogP contribution in [0.2, 0.25) is 0 Å². The first-order chi connectivity index (χ1) is 11.6. The van der Waals surface area contributed by atoms with Gasteiger partial charge in [0.1, 0.15) is 5.75 Å². The summed E-state index contributed by atoms with van der Waals surface area (Å²) in [5.41, 5.74) is 1.08. The molecule has 0 saturated carbocycles. The molecule has 0 saturated heterocycles. The van der Waals surface area contributed by atoms with Crippen LogP contribution in [0.15, 0.2) is 30.8 Å². The maximum absolute atomic E-state index is 5.89. The molecule has 0 aliphatic carbocycles. The van der Waals surface area contributed by atoms with Crippen molar-refractivity contribution < 1.29 is 4.74 Å². The van der Waals surface area contributed by atoms with Crippen molar-refractivity contribution in [3.8, 4) is 5.75 Å². The van der Waals surface area contributed by atoms with Gasteiger partial charge >= 0.3 is 0 Å². The van der Waals surface area contributed by atoms with Crippen LogP contribution in [0.4, 0.5) is 0 Å². The lowest BCUT2D eigenvalue weighted by Gasteiger charge is -2.33. The summed E-state index contributed by atoms with van der Waals surface area (Å²) in [6.07, 6.45) is 9.27. The van der Waals surface area contributed by atoms with E-state index in [0.717, 1.165) is 24.3 Å². The molecule has 1 aromatic rings. The third-order valence-electron chi connectivity index (χ3n) is 5.02. The Balaban J connectivity index is 2.20. The highest BCUT2D eigenvalue weighted by molar-refractivity contribution is 5.55. The molecule has 24 heavy (non-hydrogen) atoms. The van der Waals surface area contributed by atoms with E-state index in [1.165, 1.54) is 38.6 Å². The van der Waals surface area contributed by atoms with Crippen LogP contribution in [0, 0.1) is 0 Å². The van der Waals surface area contributed by atoms with Crippen molar-refractivity contribution in [1.29, 1.82) is 0 Å². The molecule has 0 aliphatic rings. The zero-order valence-electron chi connectivity index (χ0n) is 16.3. The SMILES string of the molecule is C=Cc1ccccc1OCCCCCCN(C(C)CC)C(C)CC. The summed E-state index contributed by atoms with van der Waals surface area (Å²) >= 11 is 0. The lowest BCUT2D eigenvalue weighted by atomic mass is 10.1. The maximum atomic E-state index is 5.89. The monoisotopic (exact) mass is 331 g/mol. The van der Waals surface area contributed by atoms with E-state index in [1.807, 2.05) is 30.3 Å². The largest absolute Gasteiger partial charge is 0.493 e. The first-order valence-electron chi connectivity index (χ1n) is 9.74. The van der Waals surface area contributed by atoms with E-state index >= 15 is 0 Å². The molecule has 0 aromatic heterocycles. The number of para-hydroxylation sites is 1. The third-order valence-corrected chi connectivity index (χ3v) is 5.02. The standard InChI is InChI=1S/C22H37NO/c1-6-19(4)23(20(5)7-2)17-13-9-10-14-18-24-22-16-12-11-15-21(22)8-3/h8,11-12,15-16,19-20H,3,6-7,9-10,13-14,17-18H2,1-2,4-5H3. The van der Waals surface area contributed by atoms with E-state index < -0.39 is 0 Å². The van der Waals surface area contributed by atoms with Crippen LogP contribution in [0.3, 0.4) is 0 Å². The number of benzene rings is 1. The molecule has 0 aliphatic heterocycles. The smallest absolute Gasteiger partial charge is 0.126 e. The Bertz CT molecular complexity index is 447. The molecule has 0 N–H and O–H groups in total. The summed E-state index contributed by atoms with van der Waals surface area (Å²) in [4.78, 5) is 2.68. The molecular weight excluding hydrogens is 294 g/mol. The molecule has 0 bridgehead atoms. The number of unbranched alkanes of at least 4 members (excludes halogenated alkanes) is 3. The Kier molecular flexibility index (Phi) is 10.5. The predicted octanol–water partition coefficient (Wildman–Crippen LogP) is 6.17. The van der Waals surface area contributed by atoms with Gasteiger partial charge in [0.05, 0.1) is 6.61 Å². The van der Waals surface area contributed by atoms with Crippen molar-refractivity contribution in [2.24, 2.45) is 0 Å². The number of rotatable bonds is 13. The van der Waals surface area contributed by atoms with Crippen LogP contribution in [-0.2, 0) is 0 Å². The Morgan fingerprint density at radius 2 is 1.62 bits per heavy atom. The van der Waals surface area contributed by atoms with Gasteiger partial charge in [0.15, 0.2) is 0 Å². The third kappa shape index (κ3) is 7.09. The minimum Gasteiger partial charge on any atom is -0.493 e. The van der Waals surface area contributed by atoms with Gasteiger partial charge in [0, 0.05) is 17.6 Å². The molecule has 2 nitrogen and oxygen atoms in total. The van der Waals surface area contributed by atoms with Gasteiger partial charge in [-0.05, 0) is 52.1 Å². The quantitative estimate of drug-likeness (QED) is 0.401. The summed E-state index contributed by atoms with van der Waals surface area (Å²) in [7, 11) is 0. The molecular formula is C22H37NO. The van der Waals surface area contributed by atoms with Gasteiger partial charge in [-0.3, -0.25) is 4.90 Å². The van der Waals surface area contributed by atoms with Gasteiger partial charge in [-0.25, -0.2) is 0 Å². The summed E-state index contributed by atoms with van der Waals surface area (Å²) in [5.74, 6) is 0.951. The van der Waals surface area contributed by atoms with Crippen molar-refractivity contribution in [1.82, 2.24) is 4.90 Å². The van der Waals surface area contributed by atoms with Gasteiger partial charge in [-0.1, -0.05) is 57.5 Å². The Morgan fingerprint density at radius 3 is 2.25 bits per heavy atom. The second-order valence-electron chi connectivity index (χ2n) is 6.76. The molecule has 0 radical (unpaired) electrons. The average Bonchev–Trinajstić information content (AvgIpc) is 2.63. The molecule has 0 fully saturated rings. The lowest BCUT2D eigenvalue weighted by Crippen LogP contribution is -2.40. The highest BCUT2D eigenvalue weighted by Gasteiger charge is 2.16. The van der Waals surface area contributed by atoms with Crippen LogP contribution < -0.4 is 4.74 Å². The molecule has 0 heterocycles. The van der Waals surface area contributed by atoms with Gasteiger partial charge < -0.3 is 4.74 Å². The number of ether oxygens (including phenoxy) is 1.